The van der Waals surface area contributed by atoms with E-state index in [1.165, 1.54) is 70.7 Å². The molecule has 52 heavy (non-hydrogen) atoms. The summed E-state index contributed by atoms with van der Waals surface area (Å²) in [5.41, 5.74) is 10.7. The maximum absolute atomic E-state index is 3.86. The van der Waals surface area contributed by atoms with Gasteiger partial charge in [-0.1, -0.05) is 163 Å². The van der Waals surface area contributed by atoms with Gasteiger partial charge in [-0.25, -0.2) is 0 Å². The van der Waals surface area contributed by atoms with E-state index in [0.717, 1.165) is 17.1 Å². The molecule has 1 N–H and O–H groups in total. The minimum Gasteiger partial charge on any atom is -0.368 e. The van der Waals surface area contributed by atoms with Crippen molar-refractivity contribution in [3.63, 3.8) is 0 Å². The summed E-state index contributed by atoms with van der Waals surface area (Å²) < 4.78 is 0. The Morgan fingerprint density at radius 3 is 1.67 bits per heavy atom. The predicted octanol–water partition coefficient (Wildman–Crippen LogP) is 14.2. The molecule has 2 nitrogen and oxygen atoms in total. The van der Waals surface area contributed by atoms with Crippen molar-refractivity contribution < 1.29 is 0 Å². The molecule has 0 fully saturated rings. The van der Waals surface area contributed by atoms with Crippen LogP contribution in [0.15, 0.2) is 199 Å². The maximum atomic E-state index is 3.86. The van der Waals surface area contributed by atoms with Crippen molar-refractivity contribution in [3.8, 4) is 22.3 Å². The third-order valence-corrected chi connectivity index (χ3v) is 11.6. The molecule has 0 saturated carbocycles. The third-order valence-electron chi connectivity index (χ3n) is 10.3. The molecule has 1 unspecified atom stereocenters. The van der Waals surface area contributed by atoms with E-state index in [2.05, 4.69) is 204 Å². The number of nitrogens with zero attached hydrogens (tertiary/aromatic N) is 1. The summed E-state index contributed by atoms with van der Waals surface area (Å²) >= 11 is 1.92. The predicted molar refractivity (Wildman–Crippen MR) is 223 cm³/mol. The fraction of sp³-hybridized carbons (Fsp3) is 0.0204. The van der Waals surface area contributed by atoms with Crippen molar-refractivity contribution in [2.24, 2.45) is 0 Å². The lowest BCUT2D eigenvalue weighted by molar-refractivity contribution is 1.14. The van der Waals surface area contributed by atoms with E-state index in [4.69, 9.17) is 0 Å². The average molecular weight is 683 g/mol. The van der Waals surface area contributed by atoms with Crippen LogP contribution in [0.25, 0.3) is 54.6 Å². The first-order valence-corrected chi connectivity index (χ1v) is 18.7. The van der Waals surface area contributed by atoms with Crippen LogP contribution in [-0.2, 0) is 0 Å². The largest absolute Gasteiger partial charge is 0.368 e. The summed E-state index contributed by atoms with van der Waals surface area (Å²) in [4.78, 5) is 3.68. The minimum atomic E-state index is 0.192. The quantitative estimate of drug-likeness (QED) is 0.176. The molecule has 1 atom stereocenters. The normalized spacial score (nSPS) is 13.7. The Morgan fingerprint density at radius 2 is 0.942 bits per heavy atom. The molecule has 1 aliphatic heterocycles. The molecule has 0 amide bonds. The van der Waals surface area contributed by atoms with Crippen molar-refractivity contribution in [2.45, 2.75) is 10.3 Å². The van der Waals surface area contributed by atoms with Crippen LogP contribution < -0.4 is 10.2 Å². The van der Waals surface area contributed by atoms with E-state index >= 15 is 0 Å². The zero-order valence-electron chi connectivity index (χ0n) is 28.4. The minimum absolute atomic E-state index is 0.192. The monoisotopic (exact) mass is 682 g/mol. The molecule has 246 valence electrons. The molecule has 0 spiro atoms. The summed E-state index contributed by atoms with van der Waals surface area (Å²) in [6.07, 6.45) is 0. The highest BCUT2D eigenvalue weighted by atomic mass is 32.2. The van der Waals surface area contributed by atoms with Gasteiger partial charge in [-0.2, -0.15) is 0 Å². The molecule has 0 aromatic heterocycles. The van der Waals surface area contributed by atoms with Gasteiger partial charge in [0.05, 0.1) is 5.69 Å². The van der Waals surface area contributed by atoms with Gasteiger partial charge in [-0.3, -0.25) is 0 Å². The molecular weight excluding hydrogens is 649 g/mol. The van der Waals surface area contributed by atoms with Gasteiger partial charge in [0, 0.05) is 27.3 Å². The van der Waals surface area contributed by atoms with Crippen LogP contribution in [0.2, 0.25) is 0 Å². The SMILES string of the molecule is c1ccc(-c2ccc(N(c3ccc(-c4ccc5c6c(c7ccccc7c5c4)NC(c4ccccc4)S6)cc3)c3ccc4ccccc4c3)cc2)cc1. The van der Waals surface area contributed by atoms with E-state index in [1.54, 1.807) is 0 Å². The molecule has 0 radical (unpaired) electrons. The lowest BCUT2D eigenvalue weighted by atomic mass is 9.95. The second-order valence-electron chi connectivity index (χ2n) is 13.4. The van der Waals surface area contributed by atoms with Crippen LogP contribution in [0.5, 0.6) is 0 Å². The lowest BCUT2D eigenvalue weighted by Crippen LogP contribution is -2.09. The van der Waals surface area contributed by atoms with E-state index in [9.17, 15) is 0 Å². The van der Waals surface area contributed by atoms with Gasteiger partial charge in [0.25, 0.3) is 0 Å². The van der Waals surface area contributed by atoms with Crippen LogP contribution in [0, 0.1) is 0 Å². The van der Waals surface area contributed by atoms with Crippen LogP contribution >= 0.6 is 11.8 Å². The van der Waals surface area contributed by atoms with E-state index in [0.29, 0.717) is 0 Å². The Balaban J connectivity index is 1.04. The average Bonchev–Trinajstić information content (AvgIpc) is 3.68. The van der Waals surface area contributed by atoms with Gasteiger partial charge in [0.15, 0.2) is 0 Å². The van der Waals surface area contributed by atoms with Crippen molar-refractivity contribution >= 4 is 66.8 Å². The Kier molecular flexibility index (Phi) is 7.51. The second-order valence-corrected chi connectivity index (χ2v) is 14.5. The highest BCUT2D eigenvalue weighted by Gasteiger charge is 2.27. The summed E-state index contributed by atoms with van der Waals surface area (Å²) in [5, 5.41) is 11.6. The second kappa shape index (κ2) is 12.8. The van der Waals surface area contributed by atoms with Crippen molar-refractivity contribution in [3.05, 3.63) is 200 Å². The molecule has 10 rings (SSSR count). The summed E-state index contributed by atoms with van der Waals surface area (Å²) in [6.45, 7) is 0. The Hall–Kier alpha value is -6.29. The maximum Gasteiger partial charge on any atom is 0.103 e. The molecule has 1 heterocycles. The number of anilines is 4. The van der Waals surface area contributed by atoms with Gasteiger partial charge < -0.3 is 10.2 Å². The molecular formula is C49H34N2S. The summed E-state index contributed by atoms with van der Waals surface area (Å²) in [5.74, 6) is 0. The smallest absolute Gasteiger partial charge is 0.103 e. The van der Waals surface area contributed by atoms with Crippen molar-refractivity contribution in [1.29, 1.82) is 0 Å². The van der Waals surface area contributed by atoms with Crippen LogP contribution in [-0.4, -0.2) is 0 Å². The number of fused-ring (bicyclic) bond motifs is 7. The Labute approximate surface area is 308 Å². The van der Waals surface area contributed by atoms with Gasteiger partial charge in [-0.15, -0.1) is 0 Å². The number of hydrogen-bond donors (Lipinski definition) is 1. The molecule has 1 aliphatic rings. The highest BCUT2D eigenvalue weighted by molar-refractivity contribution is 8.00. The van der Waals surface area contributed by atoms with Gasteiger partial charge >= 0.3 is 0 Å². The van der Waals surface area contributed by atoms with Crippen LogP contribution in [0.3, 0.4) is 0 Å². The standard InChI is InChI=1S/C49H34N2S/c1-3-11-33(12-4-1)35-19-25-40(26-20-35)51(42-29-23-34-13-7-8-16-38(34)31-42)41-27-21-36(22-28-41)39-24-30-45-46(32-39)43-17-9-10-18-44(43)47-48(45)52-49(50-47)37-14-5-2-6-15-37/h1-32,49-50H. The molecule has 9 aromatic rings. The van der Waals surface area contributed by atoms with E-state index < -0.39 is 0 Å². The highest BCUT2D eigenvalue weighted by Crippen LogP contribution is 2.53. The van der Waals surface area contributed by atoms with E-state index in [1.807, 2.05) is 11.8 Å². The number of thioether (sulfide) groups is 1. The summed E-state index contributed by atoms with van der Waals surface area (Å²) in [7, 11) is 0. The van der Waals surface area contributed by atoms with E-state index in [-0.39, 0.29) is 5.37 Å². The van der Waals surface area contributed by atoms with Crippen molar-refractivity contribution in [1.82, 2.24) is 0 Å². The van der Waals surface area contributed by atoms with Crippen LogP contribution in [0.4, 0.5) is 22.7 Å². The molecule has 3 heteroatoms. The first kappa shape index (κ1) is 30.5. The molecule has 0 aliphatic carbocycles. The topological polar surface area (TPSA) is 15.3 Å². The summed E-state index contributed by atoms with van der Waals surface area (Å²) in [6, 6.07) is 70.4. The zero-order chi connectivity index (χ0) is 34.4. The van der Waals surface area contributed by atoms with Crippen LogP contribution in [0.1, 0.15) is 10.9 Å². The fourth-order valence-corrected chi connectivity index (χ4v) is 8.96. The fourth-order valence-electron chi connectivity index (χ4n) is 7.66. The van der Waals surface area contributed by atoms with Gasteiger partial charge in [0.2, 0.25) is 0 Å². The number of benzene rings is 9. The molecule has 0 bridgehead atoms. The Bertz CT molecular complexity index is 2720. The third kappa shape index (κ3) is 5.38. The zero-order valence-corrected chi connectivity index (χ0v) is 29.2. The first-order chi connectivity index (χ1) is 25.8. The van der Waals surface area contributed by atoms with Crippen molar-refractivity contribution in [2.75, 3.05) is 10.2 Å². The molecule has 0 saturated heterocycles. The number of nitrogens with one attached hydrogen (secondary N) is 1. The molecule has 9 aromatic carbocycles. The van der Waals surface area contributed by atoms with Gasteiger partial charge in [-0.05, 0) is 97.2 Å². The Morgan fingerprint density at radius 1 is 0.385 bits per heavy atom. The number of rotatable bonds is 6. The first-order valence-electron chi connectivity index (χ1n) is 17.8. The van der Waals surface area contributed by atoms with Gasteiger partial charge in [0.1, 0.15) is 5.37 Å². The lowest BCUT2D eigenvalue weighted by Gasteiger charge is -2.26. The number of hydrogen-bond acceptors (Lipinski definition) is 3.